The maximum atomic E-state index is 13.2. The standard InChI is InChI=1S/C19H20Cl2N2O4S2/c1-2-5-22(13-14-4-3-10-28-14)19(24)15-11-18(17(21)12-16(15)20)29(25,26)23-6-8-27-9-7-23/h2-4,10-12H,1,5-9,13H2. The third kappa shape index (κ3) is 5.02. The maximum absolute atomic E-state index is 13.2. The van der Waals surface area contributed by atoms with Gasteiger partial charge in [-0.15, -0.1) is 17.9 Å². The van der Waals surface area contributed by atoms with E-state index in [0.29, 0.717) is 26.3 Å². The van der Waals surface area contributed by atoms with Crippen LogP contribution in [-0.4, -0.2) is 56.4 Å². The van der Waals surface area contributed by atoms with Crippen molar-refractivity contribution in [1.29, 1.82) is 0 Å². The minimum absolute atomic E-state index is 0.0217. The van der Waals surface area contributed by atoms with Crippen molar-refractivity contribution in [3.8, 4) is 0 Å². The highest BCUT2D eigenvalue weighted by atomic mass is 35.5. The van der Waals surface area contributed by atoms with Crippen molar-refractivity contribution in [2.45, 2.75) is 11.4 Å². The first-order valence-corrected chi connectivity index (χ1v) is 11.9. The Labute approximate surface area is 184 Å². The van der Waals surface area contributed by atoms with E-state index < -0.39 is 15.9 Å². The summed E-state index contributed by atoms with van der Waals surface area (Å²) < 4.78 is 32.6. The summed E-state index contributed by atoms with van der Waals surface area (Å²) in [6.45, 7) is 5.44. The number of thiophene rings is 1. The highest BCUT2D eigenvalue weighted by Crippen LogP contribution is 2.32. The molecule has 29 heavy (non-hydrogen) atoms. The van der Waals surface area contributed by atoms with Gasteiger partial charge in [0.05, 0.1) is 35.4 Å². The van der Waals surface area contributed by atoms with Crippen LogP contribution in [-0.2, 0) is 21.3 Å². The molecular weight excluding hydrogens is 455 g/mol. The SMILES string of the molecule is C=CCN(Cc1cccs1)C(=O)c1cc(S(=O)(=O)N2CCOCC2)c(Cl)cc1Cl. The molecule has 0 atom stereocenters. The lowest BCUT2D eigenvalue weighted by molar-refractivity contribution is 0.0729. The fourth-order valence-corrected chi connectivity index (χ4v) is 5.91. The van der Waals surface area contributed by atoms with Crippen molar-refractivity contribution >= 4 is 50.5 Å². The molecule has 1 aliphatic heterocycles. The number of carbonyl (C=O) groups excluding carboxylic acids is 1. The van der Waals surface area contributed by atoms with Crippen molar-refractivity contribution in [1.82, 2.24) is 9.21 Å². The van der Waals surface area contributed by atoms with Gasteiger partial charge in [-0.2, -0.15) is 4.31 Å². The number of ether oxygens (including phenoxy) is 1. The van der Waals surface area contributed by atoms with E-state index in [4.69, 9.17) is 27.9 Å². The molecule has 3 rings (SSSR count). The molecule has 1 aromatic heterocycles. The van der Waals surface area contributed by atoms with Crippen molar-refractivity contribution in [2.75, 3.05) is 32.8 Å². The average Bonchev–Trinajstić information content (AvgIpc) is 3.21. The summed E-state index contributed by atoms with van der Waals surface area (Å²) in [5, 5.41) is 2.00. The summed E-state index contributed by atoms with van der Waals surface area (Å²) in [5.74, 6) is -0.390. The van der Waals surface area contributed by atoms with Crippen LogP contribution in [0.3, 0.4) is 0 Å². The number of benzene rings is 1. The van der Waals surface area contributed by atoms with Gasteiger partial charge in [0, 0.05) is 24.5 Å². The van der Waals surface area contributed by atoms with E-state index in [9.17, 15) is 13.2 Å². The summed E-state index contributed by atoms with van der Waals surface area (Å²) in [5.41, 5.74) is 0.0845. The van der Waals surface area contributed by atoms with Crippen LogP contribution < -0.4 is 0 Å². The smallest absolute Gasteiger partial charge is 0.256 e. The van der Waals surface area contributed by atoms with E-state index in [1.807, 2.05) is 17.5 Å². The molecule has 0 aliphatic carbocycles. The zero-order valence-corrected chi connectivity index (χ0v) is 18.7. The molecule has 0 unspecified atom stereocenters. The first kappa shape index (κ1) is 22.3. The van der Waals surface area contributed by atoms with Crippen LogP contribution in [0.15, 0.2) is 47.2 Å². The molecule has 6 nitrogen and oxygen atoms in total. The van der Waals surface area contributed by atoms with Gasteiger partial charge in [0.2, 0.25) is 10.0 Å². The second kappa shape index (κ2) is 9.59. The van der Waals surface area contributed by atoms with Gasteiger partial charge in [0.15, 0.2) is 0 Å². The molecule has 0 spiro atoms. The topological polar surface area (TPSA) is 66.9 Å². The van der Waals surface area contributed by atoms with Gasteiger partial charge >= 0.3 is 0 Å². The van der Waals surface area contributed by atoms with E-state index in [-0.39, 0.29) is 33.6 Å². The van der Waals surface area contributed by atoms with Crippen LogP contribution in [0.5, 0.6) is 0 Å². The summed E-state index contributed by atoms with van der Waals surface area (Å²) in [6, 6.07) is 6.40. The summed E-state index contributed by atoms with van der Waals surface area (Å²) in [7, 11) is -3.88. The molecule has 2 aromatic rings. The number of nitrogens with zero attached hydrogens (tertiary/aromatic N) is 2. The molecule has 0 saturated carbocycles. The Hall–Kier alpha value is -1.42. The predicted molar refractivity (Wildman–Crippen MR) is 115 cm³/mol. The number of halogens is 2. The van der Waals surface area contributed by atoms with E-state index in [2.05, 4.69) is 6.58 Å². The van der Waals surface area contributed by atoms with Crippen molar-refractivity contribution in [2.24, 2.45) is 0 Å². The highest BCUT2D eigenvalue weighted by molar-refractivity contribution is 7.89. The lowest BCUT2D eigenvalue weighted by atomic mass is 10.2. The first-order valence-electron chi connectivity index (χ1n) is 8.84. The number of morpholine rings is 1. The molecule has 2 heterocycles. The third-order valence-corrected chi connectivity index (χ3v) is 7.94. The molecule has 1 saturated heterocycles. The Morgan fingerprint density at radius 2 is 2.00 bits per heavy atom. The zero-order valence-electron chi connectivity index (χ0n) is 15.5. The minimum atomic E-state index is -3.88. The Bertz CT molecular complexity index is 988. The van der Waals surface area contributed by atoms with E-state index >= 15 is 0 Å². The van der Waals surface area contributed by atoms with Gasteiger partial charge in [-0.3, -0.25) is 4.79 Å². The third-order valence-electron chi connectivity index (χ3n) is 4.40. The molecule has 10 heteroatoms. The number of rotatable bonds is 7. The normalized spacial score (nSPS) is 15.2. The van der Waals surface area contributed by atoms with Crippen LogP contribution in [0.4, 0.5) is 0 Å². The monoisotopic (exact) mass is 474 g/mol. The second-order valence-electron chi connectivity index (χ2n) is 6.33. The zero-order chi connectivity index (χ0) is 21.0. The Morgan fingerprint density at radius 3 is 2.62 bits per heavy atom. The number of sulfonamides is 1. The molecule has 0 radical (unpaired) electrons. The molecular formula is C19H20Cl2N2O4S2. The lowest BCUT2D eigenvalue weighted by Crippen LogP contribution is -2.40. The molecule has 0 N–H and O–H groups in total. The Kier molecular flexibility index (Phi) is 7.37. The molecule has 1 aliphatic rings. The first-order chi connectivity index (χ1) is 13.8. The van der Waals surface area contributed by atoms with Gasteiger partial charge in [-0.25, -0.2) is 8.42 Å². The van der Waals surface area contributed by atoms with E-state index in [0.717, 1.165) is 4.88 Å². The van der Waals surface area contributed by atoms with Crippen LogP contribution in [0.1, 0.15) is 15.2 Å². The fourth-order valence-electron chi connectivity index (χ4n) is 2.95. The molecule has 156 valence electrons. The average molecular weight is 475 g/mol. The highest BCUT2D eigenvalue weighted by Gasteiger charge is 2.31. The fraction of sp³-hybridized carbons (Fsp3) is 0.316. The molecule has 0 bridgehead atoms. The number of hydrogen-bond acceptors (Lipinski definition) is 5. The van der Waals surface area contributed by atoms with Crippen molar-refractivity contribution in [3.63, 3.8) is 0 Å². The summed E-state index contributed by atoms with van der Waals surface area (Å²) >= 11 is 14.0. The number of amides is 1. The Morgan fingerprint density at radius 1 is 1.28 bits per heavy atom. The maximum Gasteiger partial charge on any atom is 0.256 e. The van der Waals surface area contributed by atoms with Crippen LogP contribution in [0, 0.1) is 0 Å². The van der Waals surface area contributed by atoms with Gasteiger partial charge in [0.25, 0.3) is 5.91 Å². The van der Waals surface area contributed by atoms with Gasteiger partial charge in [0.1, 0.15) is 4.90 Å². The quantitative estimate of drug-likeness (QED) is 0.570. The van der Waals surface area contributed by atoms with Gasteiger partial charge < -0.3 is 9.64 Å². The predicted octanol–water partition coefficient (Wildman–Crippen LogP) is 3.90. The molecule has 1 amide bonds. The number of hydrogen-bond donors (Lipinski definition) is 0. The van der Waals surface area contributed by atoms with Crippen LogP contribution in [0.2, 0.25) is 10.0 Å². The van der Waals surface area contributed by atoms with Crippen LogP contribution in [0.25, 0.3) is 0 Å². The van der Waals surface area contributed by atoms with Crippen molar-refractivity contribution < 1.29 is 17.9 Å². The Balaban J connectivity index is 1.97. The summed E-state index contributed by atoms with van der Waals surface area (Å²) in [4.78, 5) is 15.6. The second-order valence-corrected chi connectivity index (χ2v) is 10.1. The minimum Gasteiger partial charge on any atom is -0.379 e. The summed E-state index contributed by atoms with van der Waals surface area (Å²) in [6.07, 6.45) is 1.61. The van der Waals surface area contributed by atoms with Gasteiger partial charge in [-0.05, 0) is 23.6 Å². The lowest BCUT2D eigenvalue weighted by Gasteiger charge is -2.27. The van der Waals surface area contributed by atoms with E-state index in [1.54, 1.807) is 11.0 Å². The van der Waals surface area contributed by atoms with Crippen molar-refractivity contribution in [3.05, 3.63) is 62.8 Å². The van der Waals surface area contributed by atoms with E-state index in [1.165, 1.54) is 27.8 Å². The number of carbonyl (C=O) groups is 1. The van der Waals surface area contributed by atoms with Crippen LogP contribution >= 0.6 is 34.5 Å². The molecule has 1 aromatic carbocycles. The largest absolute Gasteiger partial charge is 0.379 e. The molecule has 1 fully saturated rings. The van der Waals surface area contributed by atoms with Gasteiger partial charge in [-0.1, -0.05) is 35.3 Å².